The number of amides is 1. The lowest BCUT2D eigenvalue weighted by molar-refractivity contribution is -0.136. The molecule has 0 aliphatic heterocycles. The first-order valence-corrected chi connectivity index (χ1v) is 6.76. The van der Waals surface area contributed by atoms with E-state index in [4.69, 9.17) is 16.4 Å². The summed E-state index contributed by atoms with van der Waals surface area (Å²) in [6.45, 7) is 0.219. The SMILES string of the molecule is O=C(CC(O)c1ccc(Cl)cc1)NOCc1cccnc1. The molecule has 0 aliphatic rings. The van der Waals surface area contributed by atoms with Gasteiger partial charge < -0.3 is 5.11 Å². The van der Waals surface area contributed by atoms with Gasteiger partial charge in [0.2, 0.25) is 5.91 Å². The number of pyridine rings is 1. The van der Waals surface area contributed by atoms with Crippen molar-refractivity contribution in [3.05, 3.63) is 64.9 Å². The van der Waals surface area contributed by atoms with Crippen LogP contribution in [-0.2, 0) is 16.2 Å². The Morgan fingerprint density at radius 1 is 1.33 bits per heavy atom. The minimum Gasteiger partial charge on any atom is -0.388 e. The van der Waals surface area contributed by atoms with E-state index in [9.17, 15) is 9.90 Å². The Bertz CT molecular complexity index is 575. The average Bonchev–Trinajstić information content (AvgIpc) is 2.49. The number of hydroxylamine groups is 1. The monoisotopic (exact) mass is 306 g/mol. The number of aliphatic hydroxyl groups is 1. The van der Waals surface area contributed by atoms with Gasteiger partial charge in [-0.15, -0.1) is 0 Å². The number of aromatic nitrogens is 1. The molecule has 2 aromatic rings. The van der Waals surface area contributed by atoms with E-state index in [1.165, 1.54) is 0 Å². The van der Waals surface area contributed by atoms with Crippen LogP contribution in [0.25, 0.3) is 0 Å². The van der Waals surface area contributed by atoms with E-state index in [1.54, 1.807) is 42.7 Å². The van der Waals surface area contributed by atoms with Gasteiger partial charge in [-0.25, -0.2) is 5.48 Å². The summed E-state index contributed by atoms with van der Waals surface area (Å²) < 4.78 is 0. The Balaban J connectivity index is 1.75. The molecular weight excluding hydrogens is 292 g/mol. The third kappa shape index (κ3) is 5.15. The number of nitrogens with zero attached hydrogens (tertiary/aromatic N) is 1. The number of carbonyl (C=O) groups is 1. The fourth-order valence-electron chi connectivity index (χ4n) is 1.70. The quantitative estimate of drug-likeness (QED) is 0.804. The van der Waals surface area contributed by atoms with Gasteiger partial charge in [-0.1, -0.05) is 29.8 Å². The van der Waals surface area contributed by atoms with E-state index in [0.29, 0.717) is 10.6 Å². The molecule has 0 saturated heterocycles. The van der Waals surface area contributed by atoms with Crippen LogP contribution in [0.5, 0.6) is 0 Å². The highest BCUT2D eigenvalue weighted by Crippen LogP contribution is 2.18. The fraction of sp³-hybridized carbons (Fsp3) is 0.200. The highest BCUT2D eigenvalue weighted by Gasteiger charge is 2.13. The van der Waals surface area contributed by atoms with Gasteiger partial charge >= 0.3 is 0 Å². The minimum atomic E-state index is -0.899. The number of aliphatic hydroxyl groups excluding tert-OH is 1. The lowest BCUT2D eigenvalue weighted by atomic mass is 10.1. The first-order valence-electron chi connectivity index (χ1n) is 6.38. The zero-order valence-corrected chi connectivity index (χ0v) is 12.0. The second-order valence-corrected chi connectivity index (χ2v) is 4.88. The third-order valence-electron chi connectivity index (χ3n) is 2.78. The van der Waals surface area contributed by atoms with Crippen molar-refractivity contribution in [2.45, 2.75) is 19.1 Å². The molecule has 1 unspecified atom stereocenters. The Morgan fingerprint density at radius 3 is 2.76 bits per heavy atom. The van der Waals surface area contributed by atoms with Crippen LogP contribution >= 0.6 is 11.6 Å². The molecule has 1 aromatic carbocycles. The van der Waals surface area contributed by atoms with Crippen molar-refractivity contribution >= 4 is 17.5 Å². The van der Waals surface area contributed by atoms with Gasteiger partial charge in [0.05, 0.1) is 12.5 Å². The van der Waals surface area contributed by atoms with Gasteiger partial charge in [0.25, 0.3) is 0 Å². The number of halogens is 1. The lowest BCUT2D eigenvalue weighted by Crippen LogP contribution is -2.25. The Kier molecular flexibility index (Phi) is 5.68. The van der Waals surface area contributed by atoms with Crippen molar-refractivity contribution in [3.63, 3.8) is 0 Å². The van der Waals surface area contributed by atoms with Crippen LogP contribution in [0.2, 0.25) is 5.02 Å². The predicted molar refractivity (Wildman–Crippen MR) is 78.2 cm³/mol. The van der Waals surface area contributed by atoms with Gasteiger partial charge in [0.15, 0.2) is 0 Å². The molecule has 5 nitrogen and oxygen atoms in total. The van der Waals surface area contributed by atoms with E-state index < -0.39 is 12.0 Å². The molecule has 1 heterocycles. The maximum atomic E-state index is 11.6. The zero-order valence-electron chi connectivity index (χ0n) is 11.2. The number of hydrogen-bond donors (Lipinski definition) is 2. The van der Waals surface area contributed by atoms with Gasteiger partial charge in [-0.3, -0.25) is 14.6 Å². The Hall–Kier alpha value is -1.95. The number of benzene rings is 1. The molecule has 21 heavy (non-hydrogen) atoms. The molecule has 6 heteroatoms. The third-order valence-corrected chi connectivity index (χ3v) is 3.03. The van der Waals surface area contributed by atoms with Crippen LogP contribution in [0.1, 0.15) is 23.7 Å². The topological polar surface area (TPSA) is 71.5 Å². The second-order valence-electron chi connectivity index (χ2n) is 4.45. The van der Waals surface area contributed by atoms with Crippen molar-refractivity contribution in [2.75, 3.05) is 0 Å². The van der Waals surface area contributed by atoms with E-state index in [1.807, 2.05) is 6.07 Å². The summed E-state index contributed by atoms with van der Waals surface area (Å²) in [6.07, 6.45) is 2.32. The summed E-state index contributed by atoms with van der Waals surface area (Å²) in [4.78, 5) is 20.6. The van der Waals surface area contributed by atoms with Crippen LogP contribution < -0.4 is 5.48 Å². The highest BCUT2D eigenvalue weighted by atomic mass is 35.5. The molecule has 0 aliphatic carbocycles. The van der Waals surface area contributed by atoms with Gasteiger partial charge in [0, 0.05) is 17.4 Å². The predicted octanol–water partition coefficient (Wildman–Crippen LogP) is 2.41. The molecule has 0 saturated carbocycles. The maximum Gasteiger partial charge on any atom is 0.246 e. The molecule has 0 fully saturated rings. The summed E-state index contributed by atoms with van der Waals surface area (Å²) in [7, 11) is 0. The normalized spacial score (nSPS) is 11.9. The van der Waals surface area contributed by atoms with E-state index >= 15 is 0 Å². The summed E-state index contributed by atoms with van der Waals surface area (Å²) in [5, 5.41) is 10.5. The fourth-order valence-corrected chi connectivity index (χ4v) is 1.83. The Labute approximate surface area is 127 Å². The van der Waals surface area contributed by atoms with Crippen LogP contribution in [-0.4, -0.2) is 16.0 Å². The van der Waals surface area contributed by atoms with Gasteiger partial charge in [-0.2, -0.15) is 0 Å². The lowest BCUT2D eigenvalue weighted by Gasteiger charge is -2.11. The molecule has 2 N–H and O–H groups in total. The molecule has 110 valence electrons. The van der Waals surface area contributed by atoms with E-state index in [0.717, 1.165) is 5.56 Å². The smallest absolute Gasteiger partial charge is 0.246 e. The second kappa shape index (κ2) is 7.73. The average molecular weight is 307 g/mol. The van der Waals surface area contributed by atoms with Crippen LogP contribution in [0.3, 0.4) is 0 Å². The summed E-state index contributed by atoms with van der Waals surface area (Å²) in [5.74, 6) is -0.402. The van der Waals surface area contributed by atoms with Gasteiger partial charge in [0.1, 0.15) is 6.61 Å². The molecule has 0 bridgehead atoms. The van der Waals surface area contributed by atoms with Crippen LogP contribution in [0, 0.1) is 0 Å². The molecule has 0 radical (unpaired) electrons. The minimum absolute atomic E-state index is 0.0886. The molecule has 2 rings (SSSR count). The standard InChI is InChI=1S/C15H15ClN2O3/c16-13-5-3-12(4-6-13)14(19)8-15(20)18-21-10-11-2-1-7-17-9-11/h1-7,9,14,19H,8,10H2,(H,18,20). The van der Waals surface area contributed by atoms with Crippen molar-refractivity contribution in [3.8, 4) is 0 Å². The van der Waals surface area contributed by atoms with E-state index in [-0.39, 0.29) is 13.0 Å². The van der Waals surface area contributed by atoms with Crippen molar-refractivity contribution in [1.29, 1.82) is 0 Å². The van der Waals surface area contributed by atoms with Crippen molar-refractivity contribution in [1.82, 2.24) is 10.5 Å². The molecule has 1 atom stereocenters. The number of hydrogen-bond acceptors (Lipinski definition) is 4. The number of nitrogens with one attached hydrogen (secondary N) is 1. The number of carbonyl (C=O) groups excluding carboxylic acids is 1. The highest BCUT2D eigenvalue weighted by molar-refractivity contribution is 6.30. The van der Waals surface area contributed by atoms with Crippen LogP contribution in [0.4, 0.5) is 0 Å². The van der Waals surface area contributed by atoms with Crippen molar-refractivity contribution < 1.29 is 14.7 Å². The van der Waals surface area contributed by atoms with Crippen molar-refractivity contribution in [2.24, 2.45) is 0 Å². The number of rotatable bonds is 6. The Morgan fingerprint density at radius 2 is 2.10 bits per heavy atom. The largest absolute Gasteiger partial charge is 0.388 e. The molecule has 1 amide bonds. The first kappa shape index (κ1) is 15.4. The summed E-state index contributed by atoms with van der Waals surface area (Å²) in [6, 6.07) is 10.3. The molecule has 0 spiro atoms. The van der Waals surface area contributed by atoms with E-state index in [2.05, 4.69) is 10.5 Å². The zero-order chi connectivity index (χ0) is 15.1. The summed E-state index contributed by atoms with van der Waals surface area (Å²) in [5.41, 5.74) is 3.76. The first-order chi connectivity index (χ1) is 10.1. The van der Waals surface area contributed by atoms with Crippen LogP contribution in [0.15, 0.2) is 48.8 Å². The maximum absolute atomic E-state index is 11.6. The van der Waals surface area contributed by atoms with Gasteiger partial charge in [-0.05, 0) is 29.3 Å². The molecule has 1 aromatic heterocycles. The molecular formula is C15H15ClN2O3. The summed E-state index contributed by atoms with van der Waals surface area (Å²) >= 11 is 5.76.